The molecule has 1 unspecified atom stereocenters. The maximum absolute atomic E-state index is 12.3. The number of nitrogens with zero attached hydrogens (tertiary/aromatic N) is 1. The number of anilines is 1. The lowest BCUT2D eigenvalue weighted by Crippen LogP contribution is -2.36. The van der Waals surface area contributed by atoms with Gasteiger partial charge < -0.3 is 15.8 Å². The highest BCUT2D eigenvalue weighted by atomic mass is 19.4. The number of methoxy groups -OCH3 is 1. The van der Waals surface area contributed by atoms with Gasteiger partial charge in [-0.25, -0.2) is 4.98 Å². The van der Waals surface area contributed by atoms with E-state index in [4.69, 9.17) is 10.5 Å². The number of halogens is 3. The highest BCUT2D eigenvalue weighted by Gasteiger charge is 2.32. The van der Waals surface area contributed by atoms with Crippen LogP contribution in [-0.2, 0) is 15.7 Å². The van der Waals surface area contributed by atoms with Gasteiger partial charge in [-0.3, -0.25) is 4.79 Å². The number of alkyl halides is 3. The van der Waals surface area contributed by atoms with E-state index >= 15 is 0 Å². The smallest absolute Gasteiger partial charge is 0.385 e. The Balaban J connectivity index is 2.60. The van der Waals surface area contributed by atoms with Crippen molar-refractivity contribution >= 4 is 11.6 Å². The molecule has 106 valence electrons. The van der Waals surface area contributed by atoms with Crippen molar-refractivity contribution in [3.8, 4) is 0 Å². The SMILES string of the molecule is COCCC(N)C(=O)Nc1ccc(C(F)(F)F)nc1. The van der Waals surface area contributed by atoms with Gasteiger partial charge in [0.05, 0.1) is 17.9 Å². The molecule has 0 fully saturated rings. The zero-order valence-corrected chi connectivity index (χ0v) is 10.2. The van der Waals surface area contributed by atoms with E-state index in [9.17, 15) is 18.0 Å². The first kappa shape index (κ1) is 15.4. The number of amides is 1. The zero-order valence-electron chi connectivity index (χ0n) is 10.2. The second-order valence-electron chi connectivity index (χ2n) is 3.81. The van der Waals surface area contributed by atoms with Crippen LogP contribution in [0.2, 0.25) is 0 Å². The van der Waals surface area contributed by atoms with Crippen LogP contribution in [0.1, 0.15) is 12.1 Å². The molecular formula is C11H14F3N3O2. The summed E-state index contributed by atoms with van der Waals surface area (Å²) in [5, 5.41) is 2.38. The lowest BCUT2D eigenvalue weighted by molar-refractivity contribution is -0.141. The molecule has 1 atom stereocenters. The van der Waals surface area contributed by atoms with E-state index in [1.807, 2.05) is 0 Å². The number of nitrogens with one attached hydrogen (secondary N) is 1. The van der Waals surface area contributed by atoms with Crippen LogP contribution in [0.15, 0.2) is 18.3 Å². The van der Waals surface area contributed by atoms with Crippen LogP contribution in [0.3, 0.4) is 0 Å². The molecule has 1 aromatic heterocycles. The van der Waals surface area contributed by atoms with Gasteiger partial charge in [0.15, 0.2) is 0 Å². The second kappa shape index (κ2) is 6.48. The van der Waals surface area contributed by atoms with Crippen molar-refractivity contribution in [1.29, 1.82) is 0 Å². The molecular weight excluding hydrogens is 263 g/mol. The summed E-state index contributed by atoms with van der Waals surface area (Å²) in [7, 11) is 1.48. The maximum atomic E-state index is 12.3. The normalized spacial score (nSPS) is 13.1. The number of hydrogen-bond acceptors (Lipinski definition) is 4. The number of carbonyl (C=O) groups excluding carboxylic acids is 1. The van der Waals surface area contributed by atoms with E-state index in [0.717, 1.165) is 18.3 Å². The van der Waals surface area contributed by atoms with Crippen LogP contribution in [0.4, 0.5) is 18.9 Å². The first-order chi connectivity index (χ1) is 8.84. The van der Waals surface area contributed by atoms with Gasteiger partial charge in [0.2, 0.25) is 5.91 Å². The largest absolute Gasteiger partial charge is 0.433 e. The lowest BCUT2D eigenvalue weighted by atomic mass is 10.2. The Kier molecular flexibility index (Phi) is 5.25. The highest BCUT2D eigenvalue weighted by molar-refractivity contribution is 5.94. The molecule has 1 amide bonds. The molecule has 0 aliphatic heterocycles. The lowest BCUT2D eigenvalue weighted by Gasteiger charge is -2.12. The van der Waals surface area contributed by atoms with Gasteiger partial charge in [0.25, 0.3) is 0 Å². The molecule has 0 aromatic carbocycles. The number of hydrogen-bond donors (Lipinski definition) is 2. The Bertz CT molecular complexity index is 420. The predicted molar refractivity (Wildman–Crippen MR) is 62.3 cm³/mol. The molecule has 0 bridgehead atoms. The molecule has 0 saturated heterocycles. The van der Waals surface area contributed by atoms with Crippen molar-refractivity contribution in [2.24, 2.45) is 5.73 Å². The molecule has 0 saturated carbocycles. The number of pyridine rings is 1. The summed E-state index contributed by atoms with van der Waals surface area (Å²) >= 11 is 0. The van der Waals surface area contributed by atoms with Crippen molar-refractivity contribution in [1.82, 2.24) is 4.98 Å². The Morgan fingerprint density at radius 1 is 1.53 bits per heavy atom. The van der Waals surface area contributed by atoms with E-state index < -0.39 is 23.8 Å². The molecule has 1 heterocycles. The number of aromatic nitrogens is 1. The summed E-state index contributed by atoms with van der Waals surface area (Å²) in [6, 6.07) is 1.12. The first-order valence-corrected chi connectivity index (χ1v) is 5.43. The standard InChI is InChI=1S/C11H14F3N3O2/c1-19-5-4-8(15)10(18)17-7-2-3-9(16-6-7)11(12,13)14/h2-3,6,8H,4-5,15H2,1H3,(H,17,18). The monoisotopic (exact) mass is 277 g/mol. The molecule has 3 N–H and O–H groups in total. The average Bonchev–Trinajstić information content (AvgIpc) is 2.35. The minimum atomic E-state index is -4.50. The second-order valence-corrected chi connectivity index (χ2v) is 3.81. The van der Waals surface area contributed by atoms with E-state index in [0.29, 0.717) is 13.0 Å². The summed E-state index contributed by atoms with van der Waals surface area (Å²) in [5.41, 5.74) is 4.70. The maximum Gasteiger partial charge on any atom is 0.433 e. The number of ether oxygens (including phenoxy) is 1. The summed E-state index contributed by atoms with van der Waals surface area (Å²) in [4.78, 5) is 14.8. The molecule has 0 spiro atoms. The van der Waals surface area contributed by atoms with Gasteiger partial charge in [-0.2, -0.15) is 13.2 Å². The third-order valence-corrected chi connectivity index (χ3v) is 2.29. The first-order valence-electron chi connectivity index (χ1n) is 5.43. The van der Waals surface area contributed by atoms with Gasteiger partial charge in [0.1, 0.15) is 5.69 Å². The van der Waals surface area contributed by atoms with E-state index in [-0.39, 0.29) is 5.69 Å². The van der Waals surface area contributed by atoms with Crippen LogP contribution in [0.25, 0.3) is 0 Å². The Labute approximate surface area is 108 Å². The van der Waals surface area contributed by atoms with Crippen LogP contribution in [0.5, 0.6) is 0 Å². The van der Waals surface area contributed by atoms with Crippen LogP contribution in [-0.4, -0.2) is 30.6 Å². The van der Waals surface area contributed by atoms with Crippen LogP contribution >= 0.6 is 0 Å². The van der Waals surface area contributed by atoms with Gasteiger partial charge in [0, 0.05) is 13.7 Å². The minimum absolute atomic E-state index is 0.158. The van der Waals surface area contributed by atoms with E-state index in [2.05, 4.69) is 10.3 Å². The summed E-state index contributed by atoms with van der Waals surface area (Å²) in [5.74, 6) is -0.501. The molecule has 8 heteroatoms. The van der Waals surface area contributed by atoms with E-state index in [1.54, 1.807) is 0 Å². The van der Waals surface area contributed by atoms with E-state index in [1.165, 1.54) is 7.11 Å². The minimum Gasteiger partial charge on any atom is -0.385 e. The fraction of sp³-hybridized carbons (Fsp3) is 0.455. The van der Waals surface area contributed by atoms with Crippen molar-refractivity contribution in [3.63, 3.8) is 0 Å². The fourth-order valence-electron chi connectivity index (χ4n) is 1.25. The Hall–Kier alpha value is -1.67. The van der Waals surface area contributed by atoms with Crippen LogP contribution < -0.4 is 11.1 Å². The van der Waals surface area contributed by atoms with Gasteiger partial charge >= 0.3 is 6.18 Å². The van der Waals surface area contributed by atoms with Crippen molar-refractivity contribution < 1.29 is 22.7 Å². The molecule has 0 radical (unpaired) electrons. The predicted octanol–water partition coefficient (Wildman–Crippen LogP) is 1.40. The number of carbonyl (C=O) groups is 1. The van der Waals surface area contributed by atoms with Gasteiger partial charge in [-0.15, -0.1) is 0 Å². The molecule has 5 nitrogen and oxygen atoms in total. The zero-order chi connectivity index (χ0) is 14.5. The molecule has 1 rings (SSSR count). The molecule has 0 aliphatic rings. The molecule has 0 aliphatic carbocycles. The fourth-order valence-corrected chi connectivity index (χ4v) is 1.25. The van der Waals surface area contributed by atoms with Crippen LogP contribution in [0, 0.1) is 0 Å². The third-order valence-electron chi connectivity index (χ3n) is 2.29. The average molecular weight is 277 g/mol. The summed E-state index contributed by atoms with van der Waals surface area (Å²) in [6.07, 6.45) is -3.25. The molecule has 1 aromatic rings. The van der Waals surface area contributed by atoms with Gasteiger partial charge in [-0.05, 0) is 18.6 Å². The van der Waals surface area contributed by atoms with Gasteiger partial charge in [-0.1, -0.05) is 0 Å². The Morgan fingerprint density at radius 2 is 2.21 bits per heavy atom. The number of nitrogens with two attached hydrogens (primary N) is 1. The Morgan fingerprint density at radius 3 is 2.68 bits per heavy atom. The van der Waals surface area contributed by atoms with Crippen molar-refractivity contribution in [2.45, 2.75) is 18.6 Å². The topological polar surface area (TPSA) is 77.2 Å². The third kappa shape index (κ3) is 4.84. The quantitative estimate of drug-likeness (QED) is 0.853. The highest BCUT2D eigenvalue weighted by Crippen LogP contribution is 2.27. The molecule has 19 heavy (non-hydrogen) atoms. The van der Waals surface area contributed by atoms with Crippen molar-refractivity contribution in [2.75, 3.05) is 19.0 Å². The number of rotatable bonds is 5. The summed E-state index contributed by atoms with van der Waals surface area (Å²) in [6.45, 7) is 0.319. The summed E-state index contributed by atoms with van der Waals surface area (Å²) < 4.78 is 41.6. The van der Waals surface area contributed by atoms with Crippen molar-refractivity contribution in [3.05, 3.63) is 24.0 Å².